The van der Waals surface area contributed by atoms with Crippen molar-refractivity contribution in [2.45, 2.75) is 20.8 Å². The summed E-state index contributed by atoms with van der Waals surface area (Å²) in [6, 6.07) is 8.20. The van der Waals surface area contributed by atoms with Gasteiger partial charge >= 0.3 is 0 Å². The minimum absolute atomic E-state index is 0.595. The van der Waals surface area contributed by atoms with Crippen LogP contribution >= 0.6 is 0 Å². The van der Waals surface area contributed by atoms with Crippen LogP contribution < -0.4 is 4.74 Å². The summed E-state index contributed by atoms with van der Waals surface area (Å²) in [5.74, 6) is 1.54. The number of ether oxygens (including phenoxy) is 1. The van der Waals surface area contributed by atoms with Crippen LogP contribution in [0.1, 0.15) is 26.3 Å². The monoisotopic (exact) mass is 177 g/mol. The molecular weight excluding hydrogens is 160 g/mol. The van der Waals surface area contributed by atoms with E-state index in [4.69, 9.17) is 4.74 Å². The zero-order valence-electron chi connectivity index (χ0n) is 8.58. The Hall–Kier alpha value is -0.980. The van der Waals surface area contributed by atoms with Crippen LogP contribution in [-0.2, 0) is 0 Å². The largest absolute Gasteiger partial charge is 0.494 e. The maximum absolute atomic E-state index is 5.35. The maximum Gasteiger partial charge on any atom is 0.119 e. The van der Waals surface area contributed by atoms with Gasteiger partial charge in [0.25, 0.3) is 0 Å². The fraction of sp³-hybridized carbons (Fsp3) is 0.417. The van der Waals surface area contributed by atoms with Crippen LogP contribution in [0.3, 0.4) is 0 Å². The van der Waals surface area contributed by atoms with E-state index in [0.29, 0.717) is 5.92 Å². The second-order valence-electron chi connectivity index (χ2n) is 3.41. The van der Waals surface area contributed by atoms with Gasteiger partial charge in [0.1, 0.15) is 5.75 Å². The van der Waals surface area contributed by atoms with E-state index in [1.807, 2.05) is 19.1 Å². The molecule has 0 unspecified atom stereocenters. The Kier molecular flexibility index (Phi) is 3.81. The molecule has 0 heterocycles. The summed E-state index contributed by atoms with van der Waals surface area (Å²) < 4.78 is 5.35. The topological polar surface area (TPSA) is 9.23 Å². The molecule has 0 saturated heterocycles. The first-order chi connectivity index (χ1) is 6.22. The number of hydrogen-bond donors (Lipinski definition) is 0. The lowest BCUT2D eigenvalue weighted by molar-refractivity contribution is 0.340. The van der Waals surface area contributed by atoms with Gasteiger partial charge in [-0.15, -0.1) is 0 Å². The van der Waals surface area contributed by atoms with Gasteiger partial charge < -0.3 is 4.74 Å². The van der Waals surface area contributed by atoms with Gasteiger partial charge in [0.05, 0.1) is 6.61 Å². The molecule has 0 aromatic heterocycles. The first kappa shape index (κ1) is 10.1. The molecule has 1 heteroatoms. The zero-order valence-corrected chi connectivity index (χ0v) is 8.58. The molecule has 0 spiro atoms. The summed E-state index contributed by atoms with van der Waals surface area (Å²) in [7, 11) is 0. The lowest BCUT2D eigenvalue weighted by atomic mass is 10.0. The highest BCUT2D eigenvalue weighted by Gasteiger charge is 1.98. The summed E-state index contributed by atoms with van der Waals surface area (Å²) >= 11 is 0. The molecule has 71 valence electrons. The smallest absolute Gasteiger partial charge is 0.119 e. The fourth-order valence-corrected chi connectivity index (χ4v) is 1.23. The summed E-state index contributed by atoms with van der Waals surface area (Å²) in [5.41, 5.74) is 1.26. The molecule has 0 atom stereocenters. The predicted octanol–water partition coefficient (Wildman–Crippen LogP) is 3.29. The second kappa shape index (κ2) is 4.90. The fourth-order valence-electron chi connectivity index (χ4n) is 1.23. The number of rotatable bonds is 4. The van der Waals surface area contributed by atoms with Crippen LogP contribution in [0.25, 0.3) is 0 Å². The number of benzene rings is 1. The number of hydrogen-bond acceptors (Lipinski definition) is 1. The van der Waals surface area contributed by atoms with Crippen LogP contribution in [-0.4, -0.2) is 6.61 Å². The highest BCUT2D eigenvalue weighted by molar-refractivity contribution is 5.31. The van der Waals surface area contributed by atoms with E-state index in [0.717, 1.165) is 12.4 Å². The molecule has 1 aromatic carbocycles. The van der Waals surface area contributed by atoms with Gasteiger partial charge in [-0.1, -0.05) is 26.0 Å². The van der Waals surface area contributed by atoms with Gasteiger partial charge in [0, 0.05) is 0 Å². The van der Waals surface area contributed by atoms with E-state index in [2.05, 4.69) is 32.4 Å². The molecule has 0 N–H and O–H groups in total. The normalized spacial score (nSPS) is 10.5. The third-order valence-corrected chi connectivity index (χ3v) is 1.72. The van der Waals surface area contributed by atoms with Crippen molar-refractivity contribution in [2.75, 3.05) is 6.61 Å². The van der Waals surface area contributed by atoms with Crippen LogP contribution in [0.5, 0.6) is 5.75 Å². The third kappa shape index (κ3) is 3.49. The van der Waals surface area contributed by atoms with E-state index < -0.39 is 0 Å². The standard InChI is InChI=1S/C12H17O/c1-4-13-12-7-5-11(6-8-12)9-10(2)3/h5-10H,4H2,1-3H3. The molecule has 1 rings (SSSR count). The molecule has 0 aliphatic heterocycles. The summed E-state index contributed by atoms with van der Waals surface area (Å²) in [6.07, 6.45) is 2.23. The van der Waals surface area contributed by atoms with Crippen LogP contribution in [0.4, 0.5) is 0 Å². The molecule has 1 radical (unpaired) electrons. The minimum atomic E-state index is 0.595. The summed E-state index contributed by atoms with van der Waals surface area (Å²) in [4.78, 5) is 0. The highest BCUT2D eigenvalue weighted by atomic mass is 16.5. The van der Waals surface area contributed by atoms with Gasteiger partial charge in [-0.3, -0.25) is 0 Å². The Balaban J connectivity index is 2.59. The zero-order chi connectivity index (χ0) is 9.68. The highest BCUT2D eigenvalue weighted by Crippen LogP contribution is 2.15. The molecule has 13 heavy (non-hydrogen) atoms. The van der Waals surface area contributed by atoms with Crippen molar-refractivity contribution in [1.82, 2.24) is 0 Å². The minimum Gasteiger partial charge on any atom is -0.494 e. The maximum atomic E-state index is 5.35. The van der Waals surface area contributed by atoms with Crippen molar-refractivity contribution in [1.29, 1.82) is 0 Å². The van der Waals surface area contributed by atoms with Crippen molar-refractivity contribution in [2.24, 2.45) is 5.92 Å². The molecule has 0 aliphatic rings. The van der Waals surface area contributed by atoms with Crippen LogP contribution in [0.15, 0.2) is 24.3 Å². The second-order valence-corrected chi connectivity index (χ2v) is 3.41. The first-order valence-corrected chi connectivity index (χ1v) is 4.80. The average molecular weight is 177 g/mol. The van der Waals surface area contributed by atoms with Crippen molar-refractivity contribution >= 4 is 0 Å². The molecular formula is C12H17O. The van der Waals surface area contributed by atoms with Crippen LogP contribution in [0, 0.1) is 12.3 Å². The quantitative estimate of drug-likeness (QED) is 0.685. The van der Waals surface area contributed by atoms with E-state index in [9.17, 15) is 0 Å². The molecule has 0 saturated carbocycles. The van der Waals surface area contributed by atoms with E-state index in [1.165, 1.54) is 5.56 Å². The Morgan fingerprint density at radius 3 is 2.31 bits per heavy atom. The first-order valence-electron chi connectivity index (χ1n) is 4.80. The summed E-state index contributed by atoms with van der Waals surface area (Å²) in [5, 5.41) is 0. The molecule has 0 aliphatic carbocycles. The lowest BCUT2D eigenvalue weighted by Gasteiger charge is -2.06. The molecule has 0 fully saturated rings. The Morgan fingerprint density at radius 1 is 1.23 bits per heavy atom. The van der Waals surface area contributed by atoms with Crippen LogP contribution in [0.2, 0.25) is 0 Å². The molecule has 0 amide bonds. The molecule has 1 nitrogen and oxygen atoms in total. The summed E-state index contributed by atoms with van der Waals surface area (Å²) in [6.45, 7) is 7.08. The molecule has 1 aromatic rings. The van der Waals surface area contributed by atoms with E-state index >= 15 is 0 Å². The van der Waals surface area contributed by atoms with Gasteiger partial charge in [-0.25, -0.2) is 0 Å². The van der Waals surface area contributed by atoms with E-state index in [-0.39, 0.29) is 0 Å². The SMILES string of the molecule is CCOc1ccc([CH]C(C)C)cc1. The van der Waals surface area contributed by atoms with E-state index in [1.54, 1.807) is 0 Å². The van der Waals surface area contributed by atoms with Crippen molar-refractivity contribution in [3.8, 4) is 5.75 Å². The lowest BCUT2D eigenvalue weighted by Crippen LogP contribution is -1.93. The Morgan fingerprint density at radius 2 is 1.85 bits per heavy atom. The van der Waals surface area contributed by atoms with Crippen molar-refractivity contribution in [3.63, 3.8) is 0 Å². The van der Waals surface area contributed by atoms with Crippen molar-refractivity contribution < 1.29 is 4.74 Å². The predicted molar refractivity (Wildman–Crippen MR) is 55.9 cm³/mol. The van der Waals surface area contributed by atoms with Crippen molar-refractivity contribution in [3.05, 3.63) is 36.2 Å². The Labute approximate surface area is 80.7 Å². The van der Waals surface area contributed by atoms with Gasteiger partial charge in [-0.2, -0.15) is 0 Å². The average Bonchev–Trinajstić information content (AvgIpc) is 2.08. The van der Waals surface area contributed by atoms with Gasteiger partial charge in [0.15, 0.2) is 0 Å². The van der Waals surface area contributed by atoms with Gasteiger partial charge in [-0.05, 0) is 37.0 Å². The third-order valence-electron chi connectivity index (χ3n) is 1.72. The Bertz CT molecular complexity index is 236. The molecule has 0 bridgehead atoms. The van der Waals surface area contributed by atoms with Gasteiger partial charge in [0.2, 0.25) is 0 Å².